The smallest absolute Gasteiger partial charge is 0.310 e. The molecule has 0 aliphatic heterocycles. The first kappa shape index (κ1) is 15.5. The largest absolute Gasteiger partial charge is 0.481 e. The molecule has 0 saturated heterocycles. The minimum Gasteiger partial charge on any atom is -0.481 e. The van der Waals surface area contributed by atoms with Crippen LogP contribution in [0.1, 0.15) is 33.5 Å². The van der Waals surface area contributed by atoms with Crippen molar-refractivity contribution in [1.82, 2.24) is 20.2 Å². The fraction of sp³-hybridized carbons (Fsp3) is 0.800. The molecule has 8 nitrogen and oxygen atoms in total. The molecule has 108 valence electrons. The van der Waals surface area contributed by atoms with Crippen LogP contribution in [0.5, 0.6) is 0 Å². The second kappa shape index (κ2) is 4.55. The van der Waals surface area contributed by atoms with Crippen LogP contribution < -0.4 is 0 Å². The Labute approximate surface area is 111 Å². The highest BCUT2D eigenvalue weighted by Crippen LogP contribution is 2.28. The van der Waals surface area contributed by atoms with Gasteiger partial charge in [-0.2, -0.15) is 0 Å². The maximum Gasteiger partial charge on any atom is 0.310 e. The number of hydrogen-bond donors (Lipinski definition) is 1. The minimum absolute atomic E-state index is 0.0103. The normalized spacial score (nSPS) is 13.5. The SMILES string of the molecule is CC(C)(Cn1nnnc1C(C)(C)S(C)(=O)=O)C(=O)O. The fourth-order valence-electron chi connectivity index (χ4n) is 1.35. The van der Waals surface area contributed by atoms with Crippen LogP contribution in [0.4, 0.5) is 0 Å². The van der Waals surface area contributed by atoms with Crippen molar-refractivity contribution in [2.45, 2.75) is 39.0 Å². The minimum atomic E-state index is -3.43. The molecule has 9 heteroatoms. The lowest BCUT2D eigenvalue weighted by Gasteiger charge is -2.24. The molecule has 0 unspecified atom stereocenters. The van der Waals surface area contributed by atoms with Crippen LogP contribution in [0.2, 0.25) is 0 Å². The van der Waals surface area contributed by atoms with E-state index in [0.29, 0.717) is 0 Å². The molecule has 1 aromatic heterocycles. The molecular weight excluding hydrogens is 272 g/mol. The van der Waals surface area contributed by atoms with Gasteiger partial charge in [0.05, 0.1) is 12.0 Å². The quantitative estimate of drug-likeness (QED) is 0.815. The molecule has 0 aromatic carbocycles. The molecule has 1 rings (SSSR count). The Balaban J connectivity index is 3.24. The lowest BCUT2D eigenvalue weighted by molar-refractivity contribution is -0.147. The lowest BCUT2D eigenvalue weighted by Crippen LogP contribution is -2.36. The number of carboxylic acid groups (broad SMARTS) is 1. The maximum atomic E-state index is 11.8. The van der Waals surface area contributed by atoms with Gasteiger partial charge in [0, 0.05) is 6.26 Å². The van der Waals surface area contributed by atoms with E-state index < -0.39 is 26.0 Å². The zero-order chi connectivity index (χ0) is 15.1. The molecule has 0 bridgehead atoms. The maximum absolute atomic E-state index is 11.8. The monoisotopic (exact) mass is 290 g/mol. The summed E-state index contributed by atoms with van der Waals surface area (Å²) in [5.41, 5.74) is -1.10. The molecule has 0 aliphatic carbocycles. The fourth-order valence-corrected chi connectivity index (χ4v) is 1.83. The summed E-state index contributed by atoms with van der Waals surface area (Å²) in [4.78, 5) is 11.1. The highest BCUT2D eigenvalue weighted by Gasteiger charge is 2.39. The summed E-state index contributed by atoms with van der Waals surface area (Å²) in [5.74, 6) is -0.879. The Hall–Kier alpha value is -1.51. The Kier molecular flexibility index (Phi) is 3.72. The zero-order valence-electron chi connectivity index (χ0n) is 11.6. The van der Waals surface area contributed by atoms with Crippen molar-refractivity contribution in [2.24, 2.45) is 5.41 Å². The van der Waals surface area contributed by atoms with Crippen molar-refractivity contribution in [1.29, 1.82) is 0 Å². The summed E-state index contributed by atoms with van der Waals surface area (Å²) in [7, 11) is -3.43. The number of nitrogens with zero attached hydrogens (tertiary/aromatic N) is 4. The first-order valence-corrected chi connectivity index (χ1v) is 7.48. The van der Waals surface area contributed by atoms with Crippen molar-refractivity contribution in [3.63, 3.8) is 0 Å². The van der Waals surface area contributed by atoms with Crippen LogP contribution in [0, 0.1) is 5.41 Å². The number of carboxylic acids is 1. The van der Waals surface area contributed by atoms with Gasteiger partial charge in [-0.1, -0.05) is 0 Å². The van der Waals surface area contributed by atoms with E-state index >= 15 is 0 Å². The predicted octanol–water partition coefficient (Wildman–Crippen LogP) is 0.0636. The van der Waals surface area contributed by atoms with E-state index in [1.165, 1.54) is 32.4 Å². The Morgan fingerprint density at radius 1 is 1.32 bits per heavy atom. The molecule has 0 saturated carbocycles. The first-order chi connectivity index (χ1) is 8.39. The molecule has 1 N–H and O–H groups in total. The van der Waals surface area contributed by atoms with Gasteiger partial charge < -0.3 is 5.11 Å². The number of aliphatic carboxylic acids is 1. The Bertz CT molecular complexity index is 588. The van der Waals surface area contributed by atoms with Crippen LogP contribution in [-0.4, -0.2) is 46.0 Å². The van der Waals surface area contributed by atoms with Crippen molar-refractivity contribution < 1.29 is 18.3 Å². The summed E-state index contributed by atoms with van der Waals surface area (Å²) in [6.07, 6.45) is 1.09. The van der Waals surface area contributed by atoms with E-state index in [9.17, 15) is 13.2 Å². The van der Waals surface area contributed by atoms with Gasteiger partial charge in [0.25, 0.3) is 0 Å². The molecule has 0 spiro atoms. The third-order valence-electron chi connectivity index (χ3n) is 3.12. The molecule has 0 amide bonds. The van der Waals surface area contributed by atoms with E-state index in [2.05, 4.69) is 15.5 Å². The molecule has 0 aliphatic rings. The van der Waals surface area contributed by atoms with Gasteiger partial charge in [-0.05, 0) is 38.1 Å². The summed E-state index contributed by atoms with van der Waals surface area (Å²) in [6.45, 7) is 6.00. The average molecular weight is 290 g/mol. The van der Waals surface area contributed by atoms with Crippen molar-refractivity contribution in [2.75, 3.05) is 6.26 Å². The summed E-state index contributed by atoms with van der Waals surface area (Å²) in [6, 6.07) is 0. The van der Waals surface area contributed by atoms with Crippen molar-refractivity contribution in [3.8, 4) is 0 Å². The molecule has 0 fully saturated rings. The third-order valence-corrected chi connectivity index (χ3v) is 5.16. The number of aromatic nitrogens is 4. The van der Waals surface area contributed by atoms with Gasteiger partial charge >= 0.3 is 5.97 Å². The van der Waals surface area contributed by atoms with Gasteiger partial charge in [-0.3, -0.25) is 4.79 Å². The Morgan fingerprint density at radius 3 is 2.26 bits per heavy atom. The van der Waals surface area contributed by atoms with E-state index in [-0.39, 0.29) is 12.4 Å². The molecule has 19 heavy (non-hydrogen) atoms. The lowest BCUT2D eigenvalue weighted by atomic mass is 9.94. The van der Waals surface area contributed by atoms with Crippen LogP contribution in [0.25, 0.3) is 0 Å². The number of tetrazole rings is 1. The number of carbonyl (C=O) groups is 1. The molecule has 0 atom stereocenters. The molecule has 1 aromatic rings. The summed E-state index contributed by atoms with van der Waals surface area (Å²) in [5, 5.41) is 20.0. The standard InChI is InChI=1S/C10H18N4O4S/c1-9(2,8(15)16)6-14-7(11-12-13-14)10(3,4)19(5,17)18/h6H2,1-5H3,(H,15,16). The number of sulfone groups is 1. The molecule has 0 radical (unpaired) electrons. The van der Waals surface area contributed by atoms with E-state index in [1.807, 2.05) is 0 Å². The average Bonchev–Trinajstić information content (AvgIpc) is 2.63. The zero-order valence-corrected chi connectivity index (χ0v) is 12.4. The van der Waals surface area contributed by atoms with Gasteiger partial charge in [-0.25, -0.2) is 13.1 Å². The highest BCUT2D eigenvalue weighted by molar-refractivity contribution is 7.91. The summed E-state index contributed by atoms with van der Waals surface area (Å²) >= 11 is 0. The first-order valence-electron chi connectivity index (χ1n) is 5.59. The predicted molar refractivity (Wildman–Crippen MR) is 67.1 cm³/mol. The second-order valence-electron chi connectivity index (χ2n) is 5.63. The van der Waals surface area contributed by atoms with Crippen LogP contribution in [-0.2, 0) is 25.9 Å². The second-order valence-corrected chi connectivity index (χ2v) is 8.20. The van der Waals surface area contributed by atoms with Crippen molar-refractivity contribution >= 4 is 15.8 Å². The molecular formula is C10H18N4O4S. The summed E-state index contributed by atoms with van der Waals surface area (Å²) < 4.78 is 23.5. The Morgan fingerprint density at radius 2 is 1.84 bits per heavy atom. The highest BCUT2D eigenvalue weighted by atomic mass is 32.2. The van der Waals surface area contributed by atoms with E-state index in [4.69, 9.17) is 5.11 Å². The van der Waals surface area contributed by atoms with E-state index in [0.717, 1.165) is 6.26 Å². The van der Waals surface area contributed by atoms with E-state index in [1.54, 1.807) is 0 Å². The van der Waals surface area contributed by atoms with Gasteiger partial charge in [-0.15, -0.1) is 5.10 Å². The van der Waals surface area contributed by atoms with Crippen molar-refractivity contribution in [3.05, 3.63) is 5.82 Å². The number of rotatable bonds is 5. The number of hydrogen-bond acceptors (Lipinski definition) is 6. The van der Waals surface area contributed by atoms with Crippen LogP contribution >= 0.6 is 0 Å². The molecule has 1 heterocycles. The van der Waals surface area contributed by atoms with Crippen LogP contribution in [0.15, 0.2) is 0 Å². The van der Waals surface area contributed by atoms with Gasteiger partial charge in [0.1, 0.15) is 4.75 Å². The third kappa shape index (κ3) is 2.91. The van der Waals surface area contributed by atoms with Crippen LogP contribution in [0.3, 0.4) is 0 Å². The van der Waals surface area contributed by atoms with Gasteiger partial charge in [0.2, 0.25) is 0 Å². The van der Waals surface area contributed by atoms with Gasteiger partial charge in [0.15, 0.2) is 15.7 Å². The topological polar surface area (TPSA) is 115 Å².